The first-order valence-corrected chi connectivity index (χ1v) is 20.2. The molecule has 53 heavy (non-hydrogen) atoms. The lowest BCUT2D eigenvalue weighted by Gasteiger charge is -2.32. The maximum atomic E-state index is 6.03. The van der Waals surface area contributed by atoms with Gasteiger partial charge in [-0.15, -0.1) is 0 Å². The second-order valence-electron chi connectivity index (χ2n) is 12.9. The van der Waals surface area contributed by atoms with Crippen LogP contribution in [0.1, 0.15) is 51.4 Å². The Labute approximate surface area is 318 Å². The SMILES string of the molecule is C1CCC2OCCOCCOC3CCCCC3OCCOCCOC2C1.C1COCCOCCOCCO1.C1COCCOCCOCCOCCO1. The van der Waals surface area contributed by atoms with Crippen molar-refractivity contribution in [2.45, 2.75) is 75.8 Å². The number of hydrogen-bond donors (Lipinski definition) is 0. The van der Waals surface area contributed by atoms with Gasteiger partial charge in [-0.05, 0) is 25.7 Å². The highest BCUT2D eigenvalue weighted by molar-refractivity contribution is 4.78. The van der Waals surface area contributed by atoms with Crippen LogP contribution in [0.3, 0.4) is 0 Å². The average molecular weight is 769 g/mol. The van der Waals surface area contributed by atoms with Crippen LogP contribution in [0.5, 0.6) is 0 Å². The number of fused-ring (bicyclic) bond motifs is 2. The first-order valence-electron chi connectivity index (χ1n) is 20.2. The summed E-state index contributed by atoms with van der Waals surface area (Å²) < 4.78 is 82.7. The highest BCUT2D eigenvalue weighted by Crippen LogP contribution is 2.25. The molecule has 0 radical (unpaired) electrons. The Bertz CT molecular complexity index is 601. The molecule has 15 heteroatoms. The van der Waals surface area contributed by atoms with Crippen LogP contribution in [0.15, 0.2) is 0 Å². The summed E-state index contributed by atoms with van der Waals surface area (Å²) in [7, 11) is 0. The Morgan fingerprint density at radius 3 is 0.453 bits per heavy atom. The van der Waals surface area contributed by atoms with Crippen LogP contribution in [-0.4, -0.2) is 196 Å². The predicted molar refractivity (Wildman–Crippen MR) is 195 cm³/mol. The summed E-state index contributed by atoms with van der Waals surface area (Å²) in [6.45, 7) is 16.2. The molecule has 0 aromatic rings. The van der Waals surface area contributed by atoms with Crippen LogP contribution in [0.25, 0.3) is 0 Å². The van der Waals surface area contributed by atoms with Crippen molar-refractivity contribution < 1.29 is 71.1 Å². The molecule has 2 aliphatic carbocycles. The summed E-state index contributed by atoms with van der Waals surface area (Å²) in [5, 5.41) is 0. The van der Waals surface area contributed by atoms with Crippen molar-refractivity contribution in [1.82, 2.24) is 0 Å². The van der Waals surface area contributed by atoms with Crippen molar-refractivity contribution in [3.63, 3.8) is 0 Å². The maximum absolute atomic E-state index is 6.03. The second-order valence-corrected chi connectivity index (χ2v) is 12.9. The Hall–Kier alpha value is -0.600. The molecule has 0 amide bonds. The fraction of sp³-hybridized carbons (Fsp3) is 1.00. The van der Waals surface area contributed by atoms with Crippen molar-refractivity contribution in [2.75, 3.05) is 172 Å². The van der Waals surface area contributed by atoms with Crippen molar-refractivity contribution in [1.29, 1.82) is 0 Å². The molecule has 0 spiro atoms. The summed E-state index contributed by atoms with van der Waals surface area (Å²) >= 11 is 0. The van der Waals surface area contributed by atoms with E-state index in [0.717, 1.165) is 25.7 Å². The monoisotopic (exact) mass is 768 g/mol. The van der Waals surface area contributed by atoms with Crippen molar-refractivity contribution in [3.8, 4) is 0 Å². The number of rotatable bonds is 0. The van der Waals surface area contributed by atoms with Gasteiger partial charge in [-0.25, -0.2) is 0 Å². The van der Waals surface area contributed by atoms with E-state index >= 15 is 0 Å². The molecule has 3 heterocycles. The van der Waals surface area contributed by atoms with E-state index in [1.807, 2.05) is 0 Å². The smallest absolute Gasteiger partial charge is 0.0837 e. The van der Waals surface area contributed by atoms with E-state index in [9.17, 15) is 0 Å². The topological polar surface area (TPSA) is 138 Å². The fourth-order valence-corrected chi connectivity index (χ4v) is 6.11. The Kier molecular flexibility index (Phi) is 31.6. The fourth-order valence-electron chi connectivity index (χ4n) is 6.11. The van der Waals surface area contributed by atoms with Gasteiger partial charge in [-0.2, -0.15) is 0 Å². The van der Waals surface area contributed by atoms with Gasteiger partial charge >= 0.3 is 0 Å². The van der Waals surface area contributed by atoms with Gasteiger partial charge in [-0.1, -0.05) is 25.7 Å². The lowest BCUT2D eigenvalue weighted by Crippen LogP contribution is -2.37. The van der Waals surface area contributed by atoms with Crippen molar-refractivity contribution in [3.05, 3.63) is 0 Å². The van der Waals surface area contributed by atoms with E-state index in [1.54, 1.807) is 0 Å². The summed E-state index contributed by atoms with van der Waals surface area (Å²) in [6, 6.07) is 0. The molecule has 314 valence electrons. The molecule has 3 aliphatic heterocycles. The van der Waals surface area contributed by atoms with Crippen LogP contribution in [0, 0.1) is 0 Å². The van der Waals surface area contributed by atoms with Gasteiger partial charge in [0.1, 0.15) is 0 Å². The van der Waals surface area contributed by atoms with Crippen LogP contribution in [0.2, 0.25) is 0 Å². The molecule has 5 fully saturated rings. The van der Waals surface area contributed by atoms with E-state index in [0.29, 0.717) is 172 Å². The van der Waals surface area contributed by atoms with E-state index in [-0.39, 0.29) is 24.4 Å². The molecule has 2 saturated carbocycles. The van der Waals surface area contributed by atoms with Crippen LogP contribution < -0.4 is 0 Å². The van der Waals surface area contributed by atoms with Gasteiger partial charge in [0.15, 0.2) is 0 Å². The zero-order valence-electron chi connectivity index (χ0n) is 32.5. The van der Waals surface area contributed by atoms with Crippen LogP contribution >= 0.6 is 0 Å². The summed E-state index contributed by atoms with van der Waals surface area (Å²) in [5.41, 5.74) is 0. The van der Waals surface area contributed by atoms with E-state index < -0.39 is 0 Å². The summed E-state index contributed by atoms with van der Waals surface area (Å²) in [4.78, 5) is 0. The molecular weight excluding hydrogens is 696 g/mol. The second kappa shape index (κ2) is 35.8. The highest BCUT2D eigenvalue weighted by Gasteiger charge is 2.28. The van der Waals surface area contributed by atoms with Gasteiger partial charge in [-0.3, -0.25) is 0 Å². The van der Waals surface area contributed by atoms with Crippen molar-refractivity contribution in [2.24, 2.45) is 0 Å². The van der Waals surface area contributed by atoms with Gasteiger partial charge in [0.25, 0.3) is 0 Å². The minimum Gasteiger partial charge on any atom is -0.377 e. The molecule has 5 aliphatic rings. The third-order valence-electron chi connectivity index (χ3n) is 8.87. The molecule has 0 bridgehead atoms. The number of ether oxygens (including phenoxy) is 15. The van der Waals surface area contributed by atoms with Crippen LogP contribution in [0.4, 0.5) is 0 Å². The molecular formula is C38H72O15. The lowest BCUT2D eigenvalue weighted by molar-refractivity contribution is -0.129. The van der Waals surface area contributed by atoms with E-state index in [2.05, 4.69) is 0 Å². The molecule has 5 rings (SSSR count). The molecule has 0 aromatic heterocycles. The van der Waals surface area contributed by atoms with Crippen molar-refractivity contribution >= 4 is 0 Å². The van der Waals surface area contributed by atoms with Gasteiger partial charge in [0.2, 0.25) is 0 Å². The van der Waals surface area contributed by atoms with Gasteiger partial charge in [0.05, 0.1) is 196 Å². The quantitative estimate of drug-likeness (QED) is 0.357. The van der Waals surface area contributed by atoms with Gasteiger partial charge in [0, 0.05) is 0 Å². The minimum absolute atomic E-state index is 0.189. The molecule has 3 saturated heterocycles. The highest BCUT2D eigenvalue weighted by atomic mass is 16.6. The lowest BCUT2D eigenvalue weighted by atomic mass is 9.94. The first-order chi connectivity index (χ1) is 26.4. The molecule has 0 N–H and O–H groups in total. The minimum atomic E-state index is 0.189. The third-order valence-corrected chi connectivity index (χ3v) is 8.87. The summed E-state index contributed by atoms with van der Waals surface area (Å²) in [6.07, 6.45) is 9.93. The van der Waals surface area contributed by atoms with E-state index in [1.165, 1.54) is 25.7 Å². The maximum Gasteiger partial charge on any atom is 0.0837 e. The number of hydrogen-bond acceptors (Lipinski definition) is 15. The average Bonchev–Trinajstić information content (AvgIpc) is 3.19. The Balaban J connectivity index is 0.000000237. The molecule has 4 unspecified atom stereocenters. The Morgan fingerprint density at radius 2 is 0.302 bits per heavy atom. The zero-order valence-corrected chi connectivity index (χ0v) is 32.5. The summed E-state index contributed by atoms with van der Waals surface area (Å²) in [5.74, 6) is 0. The standard InChI is InChI=1S/C20H36O6.C10H20O5.C8H16O4/c1-2-6-18-17(5-1)23-13-9-21-11-15-25-19-7-3-4-8-20(19)26-16-12-22-10-14-24-18;1-2-12-5-6-14-9-10-15-8-7-13-4-3-11-1;1-2-10-5-6-12-8-7-11-4-3-9-1/h17-20H,1-16H2;1-10H2;1-8H2. The normalized spacial score (nSPS) is 30.3. The van der Waals surface area contributed by atoms with Crippen LogP contribution in [-0.2, 0) is 71.1 Å². The third kappa shape index (κ3) is 26.8. The molecule has 15 nitrogen and oxygen atoms in total. The molecule has 4 atom stereocenters. The first kappa shape index (κ1) is 46.8. The van der Waals surface area contributed by atoms with E-state index in [4.69, 9.17) is 71.1 Å². The predicted octanol–water partition coefficient (Wildman–Crippen LogP) is 2.87. The van der Waals surface area contributed by atoms with Gasteiger partial charge < -0.3 is 71.1 Å². The largest absolute Gasteiger partial charge is 0.377 e. The Morgan fingerprint density at radius 1 is 0.170 bits per heavy atom. The zero-order chi connectivity index (χ0) is 37.0. The molecule has 0 aromatic carbocycles.